The highest BCUT2D eigenvalue weighted by molar-refractivity contribution is 5.77. The summed E-state index contributed by atoms with van der Waals surface area (Å²) in [6.45, 7) is 38.1. The van der Waals surface area contributed by atoms with E-state index < -0.39 is 11.4 Å². The highest BCUT2D eigenvalue weighted by atomic mass is 16.5. The highest BCUT2D eigenvalue weighted by Gasteiger charge is 2.74. The number of carboxylic acids is 1. The number of aromatic nitrogens is 1. The molecule has 0 aromatic carbocycles. The van der Waals surface area contributed by atoms with Gasteiger partial charge in [-0.05, 0) is 139 Å². The first-order chi connectivity index (χ1) is 27.2. The Balaban J connectivity index is 0.00000143. The molecular weight excluding hydrogens is 721 g/mol. The number of aliphatic carboxylic acids is 1. The normalized spacial score (nSPS) is 36.8. The maximum absolute atomic E-state index is 13.8. The van der Waals surface area contributed by atoms with E-state index in [1.165, 1.54) is 24.8 Å². The third-order valence-corrected chi connectivity index (χ3v) is 17.3. The summed E-state index contributed by atoms with van der Waals surface area (Å²) in [5.41, 5.74) is 1.93. The molecule has 5 aliphatic rings. The number of nitrogens with zero attached hydrogens (tertiary/aromatic N) is 1. The maximum Gasteiger partial charge on any atom is 0.306 e. The first kappa shape index (κ1) is 49.7. The molecule has 0 aliphatic heterocycles. The van der Waals surface area contributed by atoms with Crippen LogP contribution in [-0.4, -0.2) is 34.0 Å². The fourth-order valence-corrected chi connectivity index (χ4v) is 14.7. The van der Waals surface area contributed by atoms with Crippen LogP contribution in [0, 0.1) is 61.6 Å². The van der Waals surface area contributed by atoms with Crippen molar-refractivity contribution in [2.24, 2.45) is 61.6 Å². The van der Waals surface area contributed by atoms with E-state index >= 15 is 0 Å². The number of esters is 1. The third-order valence-electron chi connectivity index (χ3n) is 17.3. The van der Waals surface area contributed by atoms with E-state index in [9.17, 15) is 19.5 Å². The van der Waals surface area contributed by atoms with Crippen molar-refractivity contribution >= 4 is 17.8 Å². The van der Waals surface area contributed by atoms with Crippen LogP contribution >= 0.6 is 0 Å². The Hall–Kier alpha value is -2.70. The van der Waals surface area contributed by atoms with E-state index in [2.05, 4.69) is 65.3 Å². The molecule has 10 atom stereocenters. The molecule has 7 nitrogen and oxygen atoms in total. The van der Waals surface area contributed by atoms with Gasteiger partial charge in [-0.1, -0.05) is 115 Å². The van der Waals surface area contributed by atoms with Crippen LogP contribution < -0.4 is 5.32 Å². The average molecular weight is 807 g/mol. The zero-order valence-electron chi connectivity index (χ0n) is 39.8. The SMILES string of the molecule is C=C(C)[C@@H]1CC[C@]2(CC(=O)NCc3cccnc3)CC[C@]3(C)[C@H](CCC4[C@@]5(C)CCC(OC(=O)CC(C)(C)CC(=O)O)C(C)(C)C5CC[C@]43C)C12C.CC.CC.CC. The van der Waals surface area contributed by atoms with Gasteiger partial charge in [0.2, 0.25) is 5.91 Å². The molecule has 0 saturated heterocycles. The van der Waals surface area contributed by atoms with Gasteiger partial charge in [-0.15, -0.1) is 0 Å². The predicted molar refractivity (Wildman–Crippen MR) is 239 cm³/mol. The first-order valence-electron chi connectivity index (χ1n) is 23.4. The first-order valence-corrected chi connectivity index (χ1v) is 23.4. The Bertz CT molecular complexity index is 1570. The number of nitrogens with one attached hydrogen (secondary N) is 1. The number of hydrogen-bond acceptors (Lipinski definition) is 5. The minimum absolute atomic E-state index is 0.00274. The van der Waals surface area contributed by atoms with Crippen molar-refractivity contribution in [3.05, 3.63) is 42.2 Å². The van der Waals surface area contributed by atoms with Gasteiger partial charge in [0.1, 0.15) is 6.10 Å². The number of fused-ring (bicyclic) bond motifs is 7. The Morgan fingerprint density at radius 2 is 1.45 bits per heavy atom. The number of carbonyl (C=O) groups is 3. The quantitative estimate of drug-likeness (QED) is 0.180. The molecule has 5 aliphatic carbocycles. The summed E-state index contributed by atoms with van der Waals surface area (Å²) in [5, 5.41) is 12.6. The van der Waals surface area contributed by atoms with Crippen LogP contribution in [0.3, 0.4) is 0 Å². The van der Waals surface area contributed by atoms with Crippen molar-refractivity contribution in [2.45, 2.75) is 200 Å². The van der Waals surface area contributed by atoms with Crippen molar-refractivity contribution < 1.29 is 24.2 Å². The Kier molecular flexibility index (Phi) is 16.2. The van der Waals surface area contributed by atoms with Gasteiger partial charge in [-0.25, -0.2) is 0 Å². The molecule has 1 heterocycles. The number of amides is 1. The van der Waals surface area contributed by atoms with Gasteiger partial charge >= 0.3 is 11.9 Å². The fourth-order valence-electron chi connectivity index (χ4n) is 14.7. The smallest absolute Gasteiger partial charge is 0.306 e. The molecular formula is C51H86N2O5. The zero-order chi connectivity index (χ0) is 44.1. The average Bonchev–Trinajstić information content (AvgIpc) is 3.46. The van der Waals surface area contributed by atoms with Crippen molar-refractivity contribution in [3.63, 3.8) is 0 Å². The van der Waals surface area contributed by atoms with E-state index in [0.29, 0.717) is 36.6 Å². The molecule has 1 amide bonds. The monoisotopic (exact) mass is 807 g/mol. The van der Waals surface area contributed by atoms with E-state index in [1.807, 2.05) is 73.7 Å². The molecule has 0 radical (unpaired) electrons. The lowest BCUT2D eigenvalue weighted by molar-refractivity contribution is -0.266. The number of pyridine rings is 1. The van der Waals surface area contributed by atoms with Crippen molar-refractivity contribution in [3.8, 4) is 0 Å². The van der Waals surface area contributed by atoms with Crippen molar-refractivity contribution in [1.82, 2.24) is 10.3 Å². The molecule has 1 aromatic rings. The van der Waals surface area contributed by atoms with Gasteiger partial charge in [-0.3, -0.25) is 19.4 Å². The summed E-state index contributed by atoms with van der Waals surface area (Å²) in [4.78, 5) is 42.7. The number of ether oxygens (including phenoxy) is 1. The Morgan fingerprint density at radius 3 is 2.03 bits per heavy atom. The minimum atomic E-state index is -0.886. The summed E-state index contributed by atoms with van der Waals surface area (Å²) in [7, 11) is 0. The molecule has 6 rings (SSSR count). The van der Waals surface area contributed by atoms with E-state index in [4.69, 9.17) is 4.74 Å². The van der Waals surface area contributed by atoms with Crippen LogP contribution in [0.5, 0.6) is 0 Å². The number of carboxylic acid groups (broad SMARTS) is 1. The van der Waals surface area contributed by atoms with Gasteiger partial charge in [0.15, 0.2) is 0 Å². The van der Waals surface area contributed by atoms with Crippen molar-refractivity contribution in [1.29, 1.82) is 0 Å². The summed E-state index contributed by atoms with van der Waals surface area (Å²) in [6.07, 6.45) is 15.1. The number of carbonyl (C=O) groups excluding carboxylic acids is 2. The topological polar surface area (TPSA) is 106 Å². The molecule has 330 valence electrons. The summed E-state index contributed by atoms with van der Waals surface area (Å²) < 4.78 is 6.29. The van der Waals surface area contributed by atoms with Crippen LogP contribution in [0.1, 0.15) is 193 Å². The lowest BCUT2D eigenvalue weighted by Gasteiger charge is -2.75. The number of allylic oxidation sites excluding steroid dienone is 1. The van der Waals surface area contributed by atoms with E-state index in [0.717, 1.165) is 50.5 Å². The molecule has 4 unspecified atom stereocenters. The molecule has 7 heteroatoms. The molecule has 0 bridgehead atoms. The number of rotatable bonds is 10. The van der Waals surface area contributed by atoms with Gasteiger partial charge in [0.25, 0.3) is 0 Å². The molecule has 5 saturated carbocycles. The largest absolute Gasteiger partial charge is 0.481 e. The van der Waals surface area contributed by atoms with Gasteiger partial charge < -0.3 is 15.2 Å². The maximum atomic E-state index is 13.8. The van der Waals surface area contributed by atoms with Crippen LogP contribution in [0.15, 0.2) is 36.7 Å². The fraction of sp³-hybridized carbons (Fsp3) is 0.804. The van der Waals surface area contributed by atoms with Gasteiger partial charge in [0, 0.05) is 30.8 Å². The summed E-state index contributed by atoms with van der Waals surface area (Å²) in [5.74, 6) is 0.962. The second-order valence-corrected chi connectivity index (χ2v) is 20.7. The van der Waals surface area contributed by atoms with Gasteiger partial charge in [-0.2, -0.15) is 0 Å². The lowest BCUT2D eigenvalue weighted by Crippen LogP contribution is -2.68. The standard InChI is InChI=1S/C45H68N2O5.3C2H6/c1-29(2)31-15-20-45(24-36(48)47-28-30-12-11-23-46-27-30)22-21-43(9)34(44(31,45)10)14-13-33-41(7)18-17-35(40(5,6)32(41)16-19-42(33,43)8)52-38(51)26-39(3,4)25-37(49)50;3*1-2/h11-12,23,27,31-35H,1,13-22,24-26,28H2,2-10H3,(H,47,48)(H,49,50);3*1-2H3/t31-,32?,33?,34-,35?,41-,42+,43+,44?,45+;;;/m0.../s1. The summed E-state index contributed by atoms with van der Waals surface area (Å²) in [6, 6.07) is 3.95. The van der Waals surface area contributed by atoms with Crippen LogP contribution in [-0.2, 0) is 25.7 Å². The molecule has 0 spiro atoms. The Morgan fingerprint density at radius 1 is 0.828 bits per heavy atom. The second kappa shape index (κ2) is 18.9. The second-order valence-electron chi connectivity index (χ2n) is 20.7. The molecule has 58 heavy (non-hydrogen) atoms. The lowest BCUT2D eigenvalue weighted by atomic mass is 9.30. The van der Waals surface area contributed by atoms with E-state index in [-0.39, 0.29) is 63.3 Å². The van der Waals surface area contributed by atoms with Crippen LogP contribution in [0.2, 0.25) is 0 Å². The van der Waals surface area contributed by atoms with Crippen LogP contribution in [0.4, 0.5) is 0 Å². The minimum Gasteiger partial charge on any atom is -0.481 e. The molecule has 2 N–H and O–H groups in total. The van der Waals surface area contributed by atoms with Crippen molar-refractivity contribution in [2.75, 3.05) is 0 Å². The third kappa shape index (κ3) is 8.72. The van der Waals surface area contributed by atoms with Gasteiger partial charge in [0.05, 0.1) is 12.8 Å². The van der Waals surface area contributed by atoms with Crippen LogP contribution in [0.25, 0.3) is 0 Å². The zero-order valence-corrected chi connectivity index (χ0v) is 39.8. The predicted octanol–water partition coefficient (Wildman–Crippen LogP) is 13.0. The highest BCUT2D eigenvalue weighted by Crippen LogP contribution is 2.81. The molecule has 5 fully saturated rings. The summed E-state index contributed by atoms with van der Waals surface area (Å²) >= 11 is 0. The number of hydrogen-bond donors (Lipinski definition) is 2. The Labute approximate surface area is 355 Å². The molecule has 1 aromatic heterocycles. The van der Waals surface area contributed by atoms with E-state index in [1.54, 1.807) is 6.20 Å².